The number of benzene rings is 2. The van der Waals surface area contributed by atoms with Gasteiger partial charge in [0.1, 0.15) is 34.4 Å². The van der Waals surface area contributed by atoms with Crippen LogP contribution in [0.2, 0.25) is 0 Å². The fourth-order valence-corrected chi connectivity index (χ4v) is 10.1. The Balaban J connectivity index is 0.991. The molecule has 2 saturated heterocycles. The summed E-state index contributed by atoms with van der Waals surface area (Å²) in [6.07, 6.45) is 7.94. The summed E-state index contributed by atoms with van der Waals surface area (Å²) in [5.41, 5.74) is 3.84. The number of likely N-dealkylation sites (tertiary alicyclic amines) is 2. The smallest absolute Gasteiger partial charge is 0.410 e. The predicted molar refractivity (Wildman–Crippen MR) is 227 cm³/mol. The van der Waals surface area contributed by atoms with Crippen molar-refractivity contribution >= 4 is 34.4 Å². The Morgan fingerprint density at radius 1 is 0.767 bits per heavy atom. The number of fused-ring (bicyclic) bond motifs is 5. The maximum Gasteiger partial charge on any atom is 0.410 e. The number of amides is 2. The first-order chi connectivity index (χ1) is 28.7. The topological polar surface area (TPSA) is 131 Å². The highest BCUT2D eigenvalue weighted by molar-refractivity contribution is 7.12. The van der Waals surface area contributed by atoms with Crippen LogP contribution in [0.25, 0.3) is 44.7 Å². The molecule has 1 saturated carbocycles. The van der Waals surface area contributed by atoms with Crippen molar-refractivity contribution in [1.82, 2.24) is 34.3 Å². The summed E-state index contributed by atoms with van der Waals surface area (Å²) in [6, 6.07) is 15.6. The number of imidazole rings is 2. The molecule has 312 valence electrons. The van der Waals surface area contributed by atoms with Crippen LogP contribution >= 0.6 is 11.3 Å². The average molecular weight is 832 g/mol. The molecule has 10 rings (SSSR count). The molecule has 3 atom stereocenters. The molecule has 60 heavy (non-hydrogen) atoms. The fraction of sp³-hybridized carbons (Fsp3) is 0.435. The molecule has 0 spiro atoms. The lowest BCUT2D eigenvalue weighted by molar-refractivity contribution is 0.0208. The number of rotatable bonds is 6. The van der Waals surface area contributed by atoms with Crippen LogP contribution in [0.5, 0.6) is 5.75 Å². The predicted octanol–water partition coefficient (Wildman–Crippen LogP) is 11.2. The second-order valence-corrected chi connectivity index (χ2v) is 19.7. The van der Waals surface area contributed by atoms with Gasteiger partial charge in [-0.25, -0.2) is 23.9 Å². The molecule has 3 unspecified atom stereocenters. The highest BCUT2D eigenvalue weighted by Gasteiger charge is 2.38. The van der Waals surface area contributed by atoms with Gasteiger partial charge in [0.2, 0.25) is 6.23 Å². The number of H-pyrrole nitrogens is 2. The summed E-state index contributed by atoms with van der Waals surface area (Å²) < 4.78 is 37.1. The van der Waals surface area contributed by atoms with E-state index in [1.165, 1.54) is 23.8 Å². The molecule has 3 aliphatic heterocycles. The molecule has 2 N–H and O–H groups in total. The number of ether oxygens (including phenoxy) is 3. The van der Waals surface area contributed by atoms with Crippen LogP contribution in [0, 0.1) is 5.82 Å². The molecular formula is C46H50FN7O5S. The highest BCUT2D eigenvalue weighted by atomic mass is 32.1. The maximum atomic E-state index is 16.7. The quantitative estimate of drug-likeness (QED) is 0.171. The van der Waals surface area contributed by atoms with Gasteiger partial charge in [0.15, 0.2) is 0 Å². The molecule has 7 heterocycles. The zero-order valence-electron chi connectivity index (χ0n) is 34.8. The van der Waals surface area contributed by atoms with E-state index in [1.807, 2.05) is 65.9 Å². The summed E-state index contributed by atoms with van der Waals surface area (Å²) >= 11 is 1.76. The summed E-state index contributed by atoms with van der Waals surface area (Å²) in [4.78, 5) is 48.3. The number of nitrogens with zero attached hydrogens (tertiary/aromatic N) is 5. The normalized spacial score (nSPS) is 20.4. The zero-order chi connectivity index (χ0) is 41.7. The van der Waals surface area contributed by atoms with E-state index in [0.717, 1.165) is 64.2 Å². The number of thiophene rings is 1. The van der Waals surface area contributed by atoms with Crippen molar-refractivity contribution < 1.29 is 28.2 Å². The second-order valence-electron chi connectivity index (χ2n) is 18.5. The zero-order valence-corrected chi connectivity index (χ0v) is 35.6. The van der Waals surface area contributed by atoms with E-state index in [1.54, 1.807) is 27.3 Å². The van der Waals surface area contributed by atoms with Crippen LogP contribution in [-0.4, -0.2) is 70.8 Å². The Bertz CT molecular complexity index is 2640. The fourth-order valence-electron chi connectivity index (χ4n) is 8.86. The van der Waals surface area contributed by atoms with Gasteiger partial charge < -0.3 is 24.2 Å². The van der Waals surface area contributed by atoms with Crippen molar-refractivity contribution in [3.63, 3.8) is 0 Å². The summed E-state index contributed by atoms with van der Waals surface area (Å²) in [5.74, 6) is 1.99. The molecule has 2 amide bonds. The molecule has 12 nitrogen and oxygen atoms in total. The summed E-state index contributed by atoms with van der Waals surface area (Å²) in [5, 5.41) is 0.933. The minimum Gasteiger partial charge on any atom is -0.464 e. The molecule has 1 aliphatic carbocycles. The van der Waals surface area contributed by atoms with Crippen LogP contribution in [0.15, 0.2) is 60.9 Å². The van der Waals surface area contributed by atoms with Gasteiger partial charge >= 0.3 is 12.2 Å². The van der Waals surface area contributed by atoms with Gasteiger partial charge in [-0.1, -0.05) is 6.07 Å². The summed E-state index contributed by atoms with van der Waals surface area (Å²) in [6.45, 7) is 12.4. The second kappa shape index (κ2) is 14.2. The lowest BCUT2D eigenvalue weighted by atomic mass is 10.0. The van der Waals surface area contributed by atoms with Gasteiger partial charge in [-0.3, -0.25) is 14.4 Å². The molecule has 4 aliphatic rings. The van der Waals surface area contributed by atoms with Crippen LogP contribution < -0.4 is 4.74 Å². The number of hydrogen-bond acceptors (Lipinski definition) is 8. The minimum absolute atomic E-state index is 0.198. The Labute approximate surface area is 352 Å². The highest BCUT2D eigenvalue weighted by Crippen LogP contribution is 2.50. The van der Waals surface area contributed by atoms with Gasteiger partial charge in [0.05, 0.1) is 57.5 Å². The van der Waals surface area contributed by atoms with Gasteiger partial charge in [-0.15, -0.1) is 11.3 Å². The molecular weight excluding hydrogens is 782 g/mol. The standard InChI is InChI=1S/C46H50FN7O5S/c1-45(2,3)58-43(55)52-17-7-9-33(52)40-48-23-30(50-40)26-13-14-32-28(19-26)21-35-39-29(47)20-27(22-36(39)57-42(54(32)35)38-16-15-37(60-38)25-11-12-25)31-24-49-41(51-31)34-10-8-18-53(34)44(56)59-46(4,5)6/h13-16,19-25,33-34,42H,7-12,17-18H2,1-6H3,(H,48,50)(H,49,51). The van der Waals surface area contributed by atoms with E-state index in [9.17, 15) is 9.59 Å². The molecule has 0 radical (unpaired) electrons. The Hall–Kier alpha value is -5.63. The number of hydrogen-bond donors (Lipinski definition) is 2. The SMILES string of the molecule is CC(C)(C)OC(=O)N1CCCC1c1ncc(-c2cc(F)c3c(c2)OC(c2ccc(C4CC4)s2)n2c-3cc3cc(-c4cnc(C5CCCN5C(=O)OC(C)(C)C)[nH]4)ccc32)[nH]1. The van der Waals surface area contributed by atoms with E-state index in [0.29, 0.717) is 47.4 Å². The van der Waals surface area contributed by atoms with Gasteiger partial charge in [0, 0.05) is 34.5 Å². The Morgan fingerprint density at radius 2 is 1.37 bits per heavy atom. The molecule has 0 bridgehead atoms. The Morgan fingerprint density at radius 3 is 1.97 bits per heavy atom. The number of carbonyl (C=O) groups is 2. The van der Waals surface area contributed by atoms with Gasteiger partial charge in [-0.2, -0.15) is 0 Å². The number of aromatic amines is 2. The van der Waals surface area contributed by atoms with Crippen molar-refractivity contribution in [3.8, 4) is 39.5 Å². The molecule has 4 aromatic heterocycles. The van der Waals surface area contributed by atoms with Crippen molar-refractivity contribution in [2.45, 2.75) is 115 Å². The first-order valence-corrected chi connectivity index (χ1v) is 21.8. The third kappa shape index (κ3) is 7.11. The van der Waals surface area contributed by atoms with E-state index in [-0.39, 0.29) is 24.3 Å². The molecule has 3 fully saturated rings. The minimum atomic E-state index is -0.610. The van der Waals surface area contributed by atoms with E-state index < -0.39 is 23.2 Å². The third-order valence-corrected chi connectivity index (χ3v) is 13.0. The van der Waals surface area contributed by atoms with Gasteiger partial charge in [0.25, 0.3) is 0 Å². The number of aromatic nitrogens is 5. The van der Waals surface area contributed by atoms with Crippen LogP contribution in [-0.2, 0) is 9.47 Å². The van der Waals surface area contributed by atoms with Crippen molar-refractivity contribution in [2.75, 3.05) is 13.1 Å². The number of nitrogens with one attached hydrogen (secondary N) is 2. The first kappa shape index (κ1) is 38.6. The molecule has 6 aromatic rings. The summed E-state index contributed by atoms with van der Waals surface area (Å²) in [7, 11) is 0. The van der Waals surface area contributed by atoms with Gasteiger partial charge in [-0.05, 0) is 128 Å². The lowest BCUT2D eigenvalue weighted by Crippen LogP contribution is -2.36. The third-order valence-electron chi connectivity index (χ3n) is 11.7. The van der Waals surface area contributed by atoms with Crippen molar-refractivity contribution in [3.05, 3.63) is 88.1 Å². The monoisotopic (exact) mass is 831 g/mol. The molecule has 14 heteroatoms. The molecule has 2 aromatic carbocycles. The van der Waals surface area contributed by atoms with Crippen LogP contribution in [0.3, 0.4) is 0 Å². The van der Waals surface area contributed by atoms with Crippen molar-refractivity contribution in [1.29, 1.82) is 0 Å². The first-order valence-electron chi connectivity index (χ1n) is 21.0. The average Bonchev–Trinajstić information content (AvgIpc) is 3.89. The van der Waals surface area contributed by atoms with Crippen LogP contribution in [0.4, 0.5) is 14.0 Å². The number of halogens is 1. The largest absolute Gasteiger partial charge is 0.464 e. The number of carbonyl (C=O) groups excluding carboxylic acids is 2. The van der Waals surface area contributed by atoms with E-state index in [2.05, 4.69) is 43.8 Å². The lowest BCUT2D eigenvalue weighted by Gasteiger charge is -2.30. The maximum absolute atomic E-state index is 16.7. The Kier molecular flexibility index (Phi) is 9.16. The van der Waals surface area contributed by atoms with E-state index in [4.69, 9.17) is 19.2 Å². The van der Waals surface area contributed by atoms with E-state index >= 15 is 4.39 Å². The van der Waals surface area contributed by atoms with Crippen molar-refractivity contribution in [2.24, 2.45) is 0 Å². The van der Waals surface area contributed by atoms with Crippen LogP contribution in [0.1, 0.15) is 126 Å².